The Morgan fingerprint density at radius 1 is 1.25 bits per heavy atom. The van der Waals surface area contributed by atoms with E-state index in [-0.39, 0.29) is 29.4 Å². The molecule has 0 unspecified atom stereocenters. The van der Waals surface area contributed by atoms with Crippen molar-refractivity contribution in [3.63, 3.8) is 0 Å². The Hall–Kier alpha value is -1.14. The van der Waals surface area contributed by atoms with Gasteiger partial charge in [0.15, 0.2) is 0 Å². The van der Waals surface area contributed by atoms with Crippen LogP contribution in [0.2, 0.25) is 5.28 Å². The lowest BCUT2D eigenvalue weighted by Crippen LogP contribution is -2.32. The number of ether oxygens (including phenoxy) is 1. The largest absolute Gasteiger partial charge is 0.461 e. The van der Waals surface area contributed by atoms with Crippen molar-refractivity contribution in [1.82, 2.24) is 15.0 Å². The van der Waals surface area contributed by atoms with Crippen molar-refractivity contribution >= 4 is 17.5 Å². The van der Waals surface area contributed by atoms with Crippen molar-refractivity contribution in [2.24, 2.45) is 5.41 Å². The molecule has 1 rings (SSSR count). The number of nitrogens with one attached hydrogen (secondary N) is 1. The van der Waals surface area contributed by atoms with Gasteiger partial charge in [0.25, 0.3) is 0 Å². The molecule has 0 aromatic carbocycles. The molecule has 0 atom stereocenters. The van der Waals surface area contributed by atoms with E-state index in [4.69, 9.17) is 16.3 Å². The van der Waals surface area contributed by atoms with Gasteiger partial charge in [-0.2, -0.15) is 15.0 Å². The average molecular weight is 303 g/mol. The molecule has 0 saturated heterocycles. The van der Waals surface area contributed by atoms with Gasteiger partial charge in [0.2, 0.25) is 11.2 Å². The Bertz CT molecular complexity index is 417. The van der Waals surface area contributed by atoms with Crippen LogP contribution in [-0.4, -0.2) is 39.3 Å². The zero-order valence-corrected chi connectivity index (χ0v) is 13.2. The SMILES string of the molecule is CCC(CC)(CO)CNc1nc(Cl)nc(OC(C)C)n1. The van der Waals surface area contributed by atoms with Gasteiger partial charge in [-0.15, -0.1) is 0 Å². The summed E-state index contributed by atoms with van der Waals surface area (Å²) < 4.78 is 5.41. The average Bonchev–Trinajstić information content (AvgIpc) is 2.39. The van der Waals surface area contributed by atoms with Gasteiger partial charge in [0, 0.05) is 12.0 Å². The second-order valence-corrected chi connectivity index (χ2v) is 5.43. The highest BCUT2D eigenvalue weighted by Gasteiger charge is 2.25. The standard InChI is InChI=1S/C13H23ClN4O2/c1-5-13(6-2,8-19)7-15-11-16-10(14)17-12(18-11)20-9(3)4/h9,19H,5-8H2,1-4H3,(H,15,16,17,18). The molecule has 0 spiro atoms. The predicted octanol–water partition coefficient (Wildman–Crippen LogP) is 2.52. The van der Waals surface area contributed by atoms with Crippen LogP contribution in [0.3, 0.4) is 0 Å². The summed E-state index contributed by atoms with van der Waals surface area (Å²) in [5.41, 5.74) is -0.182. The number of aromatic nitrogens is 3. The van der Waals surface area contributed by atoms with Crippen LogP contribution in [-0.2, 0) is 0 Å². The van der Waals surface area contributed by atoms with Gasteiger partial charge in [0.1, 0.15) is 0 Å². The molecule has 1 heterocycles. The first kappa shape index (κ1) is 16.9. The summed E-state index contributed by atoms with van der Waals surface area (Å²) in [6, 6.07) is 0.199. The summed E-state index contributed by atoms with van der Waals surface area (Å²) in [7, 11) is 0. The van der Waals surface area contributed by atoms with E-state index < -0.39 is 0 Å². The zero-order valence-electron chi connectivity index (χ0n) is 12.5. The zero-order chi connectivity index (χ0) is 15.2. The third-order valence-electron chi connectivity index (χ3n) is 3.39. The molecule has 1 aromatic heterocycles. The van der Waals surface area contributed by atoms with Gasteiger partial charge in [-0.05, 0) is 38.3 Å². The lowest BCUT2D eigenvalue weighted by atomic mass is 9.83. The van der Waals surface area contributed by atoms with Crippen LogP contribution >= 0.6 is 11.6 Å². The Morgan fingerprint density at radius 3 is 2.40 bits per heavy atom. The van der Waals surface area contributed by atoms with Gasteiger partial charge >= 0.3 is 6.01 Å². The maximum Gasteiger partial charge on any atom is 0.322 e. The van der Waals surface area contributed by atoms with E-state index in [1.54, 1.807) is 0 Å². The molecule has 0 aliphatic rings. The normalized spacial score (nSPS) is 11.8. The van der Waals surface area contributed by atoms with E-state index >= 15 is 0 Å². The molecule has 6 nitrogen and oxygen atoms in total. The quantitative estimate of drug-likeness (QED) is 0.768. The van der Waals surface area contributed by atoms with Crippen molar-refractivity contribution in [2.45, 2.75) is 46.6 Å². The van der Waals surface area contributed by atoms with Crippen LogP contribution in [0, 0.1) is 5.41 Å². The van der Waals surface area contributed by atoms with Gasteiger partial charge in [-0.3, -0.25) is 0 Å². The number of rotatable bonds is 8. The van der Waals surface area contributed by atoms with E-state index in [0.29, 0.717) is 12.5 Å². The molecular formula is C13H23ClN4O2. The molecule has 0 aliphatic heterocycles. The number of nitrogens with zero attached hydrogens (tertiary/aromatic N) is 3. The first-order valence-electron chi connectivity index (χ1n) is 6.87. The van der Waals surface area contributed by atoms with Gasteiger partial charge in [-0.25, -0.2) is 0 Å². The van der Waals surface area contributed by atoms with Crippen molar-refractivity contribution in [2.75, 3.05) is 18.5 Å². The third-order valence-corrected chi connectivity index (χ3v) is 3.55. The second kappa shape index (κ2) is 7.59. The Morgan fingerprint density at radius 2 is 1.90 bits per heavy atom. The molecule has 0 saturated carbocycles. The van der Waals surface area contributed by atoms with Crippen molar-refractivity contribution in [3.05, 3.63) is 5.28 Å². The number of aliphatic hydroxyl groups excluding tert-OH is 1. The summed E-state index contributed by atoms with van der Waals surface area (Å²) in [4.78, 5) is 12.1. The van der Waals surface area contributed by atoms with Crippen molar-refractivity contribution in [1.29, 1.82) is 0 Å². The fraction of sp³-hybridized carbons (Fsp3) is 0.769. The third kappa shape index (κ3) is 4.76. The monoisotopic (exact) mass is 302 g/mol. The highest BCUT2D eigenvalue weighted by atomic mass is 35.5. The number of halogens is 1. The lowest BCUT2D eigenvalue weighted by molar-refractivity contribution is 0.127. The molecular weight excluding hydrogens is 280 g/mol. The minimum Gasteiger partial charge on any atom is -0.461 e. The molecule has 114 valence electrons. The molecule has 0 amide bonds. The maximum absolute atomic E-state index is 9.54. The van der Waals surface area contributed by atoms with E-state index in [1.165, 1.54) is 0 Å². The van der Waals surface area contributed by atoms with E-state index in [9.17, 15) is 5.11 Å². The number of aliphatic hydroxyl groups is 1. The summed E-state index contributed by atoms with van der Waals surface area (Å²) in [5.74, 6) is 0.361. The minimum atomic E-state index is -0.182. The Kier molecular flexibility index (Phi) is 6.42. The number of hydrogen-bond donors (Lipinski definition) is 2. The molecule has 0 fully saturated rings. The van der Waals surface area contributed by atoms with Crippen LogP contribution in [0.25, 0.3) is 0 Å². The molecule has 0 bridgehead atoms. The second-order valence-electron chi connectivity index (χ2n) is 5.10. The summed E-state index contributed by atoms with van der Waals surface area (Å²) in [6.07, 6.45) is 1.69. The highest BCUT2D eigenvalue weighted by molar-refractivity contribution is 6.28. The molecule has 7 heteroatoms. The topological polar surface area (TPSA) is 80.2 Å². The minimum absolute atomic E-state index is 0.0378. The van der Waals surface area contributed by atoms with Crippen molar-refractivity contribution in [3.8, 4) is 6.01 Å². The van der Waals surface area contributed by atoms with E-state index in [0.717, 1.165) is 12.8 Å². The summed E-state index contributed by atoms with van der Waals surface area (Å²) in [6.45, 7) is 8.55. The smallest absolute Gasteiger partial charge is 0.322 e. The molecule has 0 radical (unpaired) electrons. The first-order valence-corrected chi connectivity index (χ1v) is 7.25. The molecule has 1 aromatic rings. The lowest BCUT2D eigenvalue weighted by Gasteiger charge is -2.29. The van der Waals surface area contributed by atoms with E-state index in [2.05, 4.69) is 34.1 Å². The van der Waals surface area contributed by atoms with Crippen molar-refractivity contribution < 1.29 is 9.84 Å². The summed E-state index contributed by atoms with van der Waals surface area (Å²) in [5, 5.41) is 12.7. The molecule has 2 N–H and O–H groups in total. The van der Waals surface area contributed by atoms with Gasteiger partial charge in [0.05, 0.1) is 12.7 Å². The number of hydrogen-bond acceptors (Lipinski definition) is 6. The number of anilines is 1. The summed E-state index contributed by atoms with van der Waals surface area (Å²) >= 11 is 5.85. The Balaban J connectivity index is 2.79. The van der Waals surface area contributed by atoms with Crippen LogP contribution in [0.5, 0.6) is 6.01 Å². The predicted molar refractivity (Wildman–Crippen MR) is 79.2 cm³/mol. The van der Waals surface area contributed by atoms with Crippen LogP contribution in [0.4, 0.5) is 5.95 Å². The highest BCUT2D eigenvalue weighted by Crippen LogP contribution is 2.26. The fourth-order valence-corrected chi connectivity index (χ4v) is 1.87. The Labute approximate surface area is 125 Å². The van der Waals surface area contributed by atoms with Gasteiger partial charge in [-0.1, -0.05) is 13.8 Å². The maximum atomic E-state index is 9.54. The molecule has 0 aliphatic carbocycles. The first-order chi connectivity index (χ1) is 9.44. The fourth-order valence-electron chi connectivity index (χ4n) is 1.72. The van der Waals surface area contributed by atoms with E-state index in [1.807, 2.05) is 13.8 Å². The van der Waals surface area contributed by atoms with Crippen LogP contribution in [0.15, 0.2) is 0 Å². The van der Waals surface area contributed by atoms with Crippen LogP contribution < -0.4 is 10.1 Å². The molecule has 20 heavy (non-hydrogen) atoms. The van der Waals surface area contributed by atoms with Gasteiger partial charge < -0.3 is 15.2 Å². The van der Waals surface area contributed by atoms with Crippen LogP contribution in [0.1, 0.15) is 40.5 Å².